The van der Waals surface area contributed by atoms with E-state index in [0.29, 0.717) is 26.1 Å². The molecule has 0 spiro atoms. The number of nitrogens with one attached hydrogen (secondary N) is 2. The van der Waals surface area contributed by atoms with Gasteiger partial charge in [0.05, 0.1) is 0 Å². The number of piperidine rings is 1. The number of pyridine rings is 1. The van der Waals surface area contributed by atoms with Crippen LogP contribution in [-0.2, 0) is 17.8 Å². The van der Waals surface area contributed by atoms with E-state index in [2.05, 4.69) is 10.6 Å². The number of carbonyl (C=O) groups is 2. The predicted molar refractivity (Wildman–Crippen MR) is 126 cm³/mol. The number of likely N-dealkylation sites (tertiary alicyclic amines) is 1. The van der Waals surface area contributed by atoms with Gasteiger partial charge in [-0.3, -0.25) is 9.59 Å². The third-order valence-corrected chi connectivity index (χ3v) is 7.37. The van der Waals surface area contributed by atoms with Crippen LogP contribution in [0.25, 0.3) is 0 Å². The highest BCUT2D eigenvalue weighted by Crippen LogP contribution is 2.34. The Bertz CT molecular complexity index is 1060. The highest BCUT2D eigenvalue weighted by molar-refractivity contribution is 5.87. The molecule has 2 aliphatic heterocycles. The second-order valence-electron chi connectivity index (χ2n) is 9.78. The second-order valence-corrected chi connectivity index (χ2v) is 9.78. The fourth-order valence-corrected chi connectivity index (χ4v) is 5.73. The molecule has 1 aromatic heterocycles. The number of hydrogen-bond acceptors (Lipinski definition) is 3. The van der Waals surface area contributed by atoms with E-state index >= 15 is 0 Å². The number of fused-ring (bicyclic) bond motifs is 4. The Morgan fingerprint density at radius 3 is 2.55 bits per heavy atom. The summed E-state index contributed by atoms with van der Waals surface area (Å²) in [5.41, 5.74) is 2.07. The number of amides is 3. The van der Waals surface area contributed by atoms with Crippen LogP contribution in [0.15, 0.2) is 53.3 Å². The molecule has 5 rings (SSSR count). The van der Waals surface area contributed by atoms with Gasteiger partial charge in [-0.1, -0.05) is 49.2 Å². The second kappa shape index (κ2) is 9.41. The van der Waals surface area contributed by atoms with E-state index in [9.17, 15) is 14.4 Å². The maximum atomic E-state index is 13.3. The van der Waals surface area contributed by atoms with E-state index < -0.39 is 6.04 Å². The van der Waals surface area contributed by atoms with Gasteiger partial charge in [0.15, 0.2) is 0 Å². The molecule has 7 nitrogen and oxygen atoms in total. The summed E-state index contributed by atoms with van der Waals surface area (Å²) in [6.45, 7) is 1.81. The molecule has 3 amide bonds. The van der Waals surface area contributed by atoms with Crippen molar-refractivity contribution in [3.05, 3.63) is 70.1 Å². The van der Waals surface area contributed by atoms with Crippen molar-refractivity contribution in [2.24, 2.45) is 5.92 Å². The smallest absolute Gasteiger partial charge is 0.318 e. The van der Waals surface area contributed by atoms with Crippen molar-refractivity contribution >= 4 is 11.9 Å². The number of aromatic nitrogens is 1. The summed E-state index contributed by atoms with van der Waals surface area (Å²) in [4.78, 5) is 40.6. The Hall–Kier alpha value is -3.09. The lowest BCUT2D eigenvalue weighted by Gasteiger charge is -2.43. The van der Waals surface area contributed by atoms with Crippen LogP contribution in [0.3, 0.4) is 0 Å². The molecular weight excluding hydrogens is 416 g/mol. The lowest BCUT2D eigenvalue weighted by Crippen LogP contribution is -2.57. The quantitative estimate of drug-likeness (QED) is 0.738. The summed E-state index contributed by atoms with van der Waals surface area (Å²) in [5, 5.41) is 6.20. The van der Waals surface area contributed by atoms with Gasteiger partial charge in [0, 0.05) is 49.8 Å². The van der Waals surface area contributed by atoms with E-state index in [1.54, 1.807) is 12.1 Å². The SMILES string of the molecule is O=C(NC1CCCC1)[C@H](Cc1ccccc1)NC(=O)N1CC2C[C@H](C1)Cn1c2cccc1=O. The topological polar surface area (TPSA) is 83.4 Å². The number of carbonyl (C=O) groups excluding carboxylic acids is 2. The highest BCUT2D eigenvalue weighted by Gasteiger charge is 2.37. The molecule has 3 atom stereocenters. The molecular formula is C26H32N4O3. The summed E-state index contributed by atoms with van der Waals surface area (Å²) >= 11 is 0. The first kappa shape index (κ1) is 21.7. The third-order valence-electron chi connectivity index (χ3n) is 7.37. The first-order valence-electron chi connectivity index (χ1n) is 12.2. The zero-order valence-corrected chi connectivity index (χ0v) is 18.9. The zero-order valence-electron chi connectivity index (χ0n) is 18.9. The van der Waals surface area contributed by atoms with E-state index in [-0.39, 0.29) is 35.4 Å². The van der Waals surface area contributed by atoms with Crippen LogP contribution >= 0.6 is 0 Å². The van der Waals surface area contributed by atoms with Crippen LogP contribution in [0.4, 0.5) is 4.79 Å². The molecule has 1 aliphatic carbocycles. The average Bonchev–Trinajstić information content (AvgIpc) is 3.33. The molecule has 3 heterocycles. The van der Waals surface area contributed by atoms with Crippen molar-refractivity contribution < 1.29 is 9.59 Å². The maximum absolute atomic E-state index is 13.3. The molecule has 0 radical (unpaired) electrons. The minimum atomic E-state index is -0.614. The Morgan fingerprint density at radius 2 is 1.76 bits per heavy atom. The molecule has 1 saturated carbocycles. The summed E-state index contributed by atoms with van der Waals surface area (Å²) < 4.78 is 1.86. The molecule has 1 aromatic carbocycles. The van der Waals surface area contributed by atoms with Crippen LogP contribution in [0.1, 0.15) is 49.3 Å². The number of urea groups is 1. The van der Waals surface area contributed by atoms with Gasteiger partial charge in [0.25, 0.3) is 5.56 Å². The molecule has 2 N–H and O–H groups in total. The minimum Gasteiger partial charge on any atom is -0.352 e. The summed E-state index contributed by atoms with van der Waals surface area (Å²) in [6.07, 6.45) is 5.74. The standard InChI is InChI=1S/C26H32N4O3/c31-24-12-6-11-23-20-13-19(16-30(23)24)15-29(17-20)26(33)28-22(14-18-7-2-1-3-8-18)25(32)27-21-9-4-5-10-21/h1-3,6-8,11-12,19-22H,4-5,9-10,13-17H2,(H,27,32)(H,28,33)/t19-,20?,22+/m1/s1. The molecule has 33 heavy (non-hydrogen) atoms. The van der Waals surface area contributed by atoms with Gasteiger partial charge in [-0.2, -0.15) is 0 Å². The molecule has 2 aromatic rings. The van der Waals surface area contributed by atoms with Crippen LogP contribution in [0.2, 0.25) is 0 Å². The lowest BCUT2D eigenvalue weighted by molar-refractivity contribution is -0.123. The molecule has 1 saturated heterocycles. The monoisotopic (exact) mass is 448 g/mol. The van der Waals surface area contributed by atoms with E-state index in [1.165, 1.54) is 0 Å². The number of rotatable bonds is 5. The normalized spacial score (nSPS) is 23.0. The van der Waals surface area contributed by atoms with E-state index in [1.807, 2.05) is 45.9 Å². The number of benzene rings is 1. The minimum absolute atomic E-state index is 0.0339. The van der Waals surface area contributed by atoms with Gasteiger partial charge in [-0.25, -0.2) is 4.79 Å². The van der Waals surface area contributed by atoms with Crippen LogP contribution in [0, 0.1) is 5.92 Å². The van der Waals surface area contributed by atoms with E-state index in [4.69, 9.17) is 0 Å². The molecule has 2 bridgehead atoms. The van der Waals surface area contributed by atoms with Crippen LogP contribution < -0.4 is 16.2 Å². The number of nitrogens with zero attached hydrogens (tertiary/aromatic N) is 2. The van der Waals surface area contributed by atoms with Crippen molar-refractivity contribution in [3.8, 4) is 0 Å². The van der Waals surface area contributed by atoms with Crippen molar-refractivity contribution in [2.75, 3.05) is 13.1 Å². The van der Waals surface area contributed by atoms with Gasteiger partial charge in [-0.05, 0) is 36.8 Å². The van der Waals surface area contributed by atoms with Gasteiger partial charge in [0.1, 0.15) is 6.04 Å². The third kappa shape index (κ3) is 4.82. The average molecular weight is 449 g/mol. The van der Waals surface area contributed by atoms with Gasteiger partial charge >= 0.3 is 6.03 Å². The summed E-state index contributed by atoms with van der Waals surface area (Å²) in [6, 6.07) is 14.6. The summed E-state index contributed by atoms with van der Waals surface area (Å²) in [7, 11) is 0. The Balaban J connectivity index is 1.29. The first-order valence-corrected chi connectivity index (χ1v) is 12.2. The molecule has 7 heteroatoms. The van der Waals surface area contributed by atoms with Crippen molar-refractivity contribution in [1.82, 2.24) is 20.1 Å². The molecule has 3 aliphatic rings. The Kier molecular flexibility index (Phi) is 6.20. The van der Waals surface area contributed by atoms with Gasteiger partial charge in [0.2, 0.25) is 5.91 Å². The Labute approximate surface area is 194 Å². The Morgan fingerprint density at radius 1 is 0.970 bits per heavy atom. The zero-order chi connectivity index (χ0) is 22.8. The van der Waals surface area contributed by atoms with E-state index in [0.717, 1.165) is 43.4 Å². The van der Waals surface area contributed by atoms with Crippen molar-refractivity contribution in [3.63, 3.8) is 0 Å². The summed E-state index contributed by atoms with van der Waals surface area (Å²) in [5.74, 6) is 0.298. The fraction of sp³-hybridized carbons (Fsp3) is 0.500. The highest BCUT2D eigenvalue weighted by atomic mass is 16.2. The van der Waals surface area contributed by atoms with Gasteiger partial charge in [-0.15, -0.1) is 0 Å². The molecule has 1 unspecified atom stereocenters. The maximum Gasteiger partial charge on any atom is 0.318 e. The van der Waals surface area contributed by atoms with Crippen molar-refractivity contribution in [2.45, 2.75) is 63.1 Å². The van der Waals surface area contributed by atoms with Crippen LogP contribution in [-0.4, -0.2) is 46.6 Å². The van der Waals surface area contributed by atoms with Crippen LogP contribution in [0.5, 0.6) is 0 Å². The first-order chi connectivity index (χ1) is 16.1. The molecule has 174 valence electrons. The predicted octanol–water partition coefficient (Wildman–Crippen LogP) is 2.65. The number of hydrogen-bond donors (Lipinski definition) is 2. The molecule has 2 fully saturated rings. The van der Waals surface area contributed by atoms with Gasteiger partial charge < -0.3 is 20.1 Å². The van der Waals surface area contributed by atoms with Crippen molar-refractivity contribution in [1.29, 1.82) is 0 Å². The lowest BCUT2D eigenvalue weighted by atomic mass is 9.83. The largest absolute Gasteiger partial charge is 0.352 e. The fourth-order valence-electron chi connectivity index (χ4n) is 5.73.